The van der Waals surface area contributed by atoms with E-state index in [9.17, 15) is 9.59 Å². The lowest BCUT2D eigenvalue weighted by Crippen LogP contribution is -2.49. The van der Waals surface area contributed by atoms with E-state index in [1.54, 1.807) is 24.3 Å². The average molecular weight is 400 g/mol. The van der Waals surface area contributed by atoms with Crippen molar-refractivity contribution in [2.45, 2.75) is 50.6 Å². The molecule has 0 spiro atoms. The molecule has 1 heterocycles. The molecule has 1 saturated heterocycles. The summed E-state index contributed by atoms with van der Waals surface area (Å²) in [4.78, 5) is 27.7. The molecule has 7 heteroatoms. The van der Waals surface area contributed by atoms with Crippen molar-refractivity contribution in [3.63, 3.8) is 0 Å². The van der Waals surface area contributed by atoms with Crippen molar-refractivity contribution in [2.75, 3.05) is 13.1 Å². The fourth-order valence-corrected chi connectivity index (χ4v) is 4.29. The van der Waals surface area contributed by atoms with Crippen molar-refractivity contribution in [3.05, 3.63) is 34.9 Å². The molecule has 1 aliphatic carbocycles. The molecule has 144 valence electrons. The molecular weight excluding hydrogens is 373 g/mol. The highest BCUT2D eigenvalue weighted by Crippen LogP contribution is 2.40. The van der Waals surface area contributed by atoms with Crippen molar-refractivity contribution in [2.24, 2.45) is 11.7 Å². The maximum atomic E-state index is 13.1. The Morgan fingerprint density at radius 3 is 2.58 bits per heavy atom. The molecular formula is C19H27Cl2N3O2. The summed E-state index contributed by atoms with van der Waals surface area (Å²) in [5.41, 5.74) is 6.09. The fourth-order valence-electron chi connectivity index (χ4n) is 4.16. The number of nitrogens with two attached hydrogens (primary N) is 1. The van der Waals surface area contributed by atoms with Crippen LogP contribution in [0.2, 0.25) is 5.02 Å². The van der Waals surface area contributed by atoms with Gasteiger partial charge in [0.15, 0.2) is 0 Å². The van der Waals surface area contributed by atoms with Gasteiger partial charge in [0.25, 0.3) is 5.91 Å². The zero-order valence-electron chi connectivity index (χ0n) is 14.8. The lowest BCUT2D eigenvalue weighted by atomic mass is 9.84. The van der Waals surface area contributed by atoms with Crippen LogP contribution in [0.4, 0.5) is 0 Å². The molecule has 3 atom stereocenters. The van der Waals surface area contributed by atoms with E-state index < -0.39 is 0 Å². The number of amides is 2. The number of hydrogen-bond donors (Lipinski definition) is 2. The number of nitrogens with one attached hydrogen (secondary N) is 1. The van der Waals surface area contributed by atoms with Crippen molar-refractivity contribution in [1.82, 2.24) is 10.2 Å². The predicted molar refractivity (Wildman–Crippen MR) is 106 cm³/mol. The van der Waals surface area contributed by atoms with E-state index in [-0.39, 0.29) is 36.3 Å². The van der Waals surface area contributed by atoms with E-state index in [0.29, 0.717) is 29.6 Å². The second-order valence-corrected chi connectivity index (χ2v) is 7.45. The van der Waals surface area contributed by atoms with E-state index in [1.807, 2.05) is 4.90 Å². The zero-order valence-corrected chi connectivity index (χ0v) is 16.4. The first-order valence-corrected chi connectivity index (χ1v) is 9.55. The number of fused-ring (bicyclic) bond motifs is 1. The van der Waals surface area contributed by atoms with Gasteiger partial charge in [-0.3, -0.25) is 9.59 Å². The Kier molecular flexibility index (Phi) is 7.74. The van der Waals surface area contributed by atoms with Gasteiger partial charge >= 0.3 is 0 Å². The van der Waals surface area contributed by atoms with Crippen LogP contribution in [-0.2, 0) is 4.79 Å². The van der Waals surface area contributed by atoms with Crippen molar-refractivity contribution in [1.29, 1.82) is 0 Å². The number of likely N-dealkylation sites (tertiary alicyclic amines) is 1. The quantitative estimate of drug-likeness (QED) is 0.747. The van der Waals surface area contributed by atoms with E-state index in [2.05, 4.69) is 5.32 Å². The van der Waals surface area contributed by atoms with Gasteiger partial charge in [-0.1, -0.05) is 24.4 Å². The molecule has 26 heavy (non-hydrogen) atoms. The van der Waals surface area contributed by atoms with Gasteiger partial charge in [0, 0.05) is 23.2 Å². The number of rotatable bonds is 5. The van der Waals surface area contributed by atoms with E-state index in [0.717, 1.165) is 32.1 Å². The SMILES string of the molecule is Cl.NCCCNC(=O)C1CC2CCCCC2N1C(=O)c1ccc(Cl)cc1. The Bertz CT molecular complexity index is 624. The molecule has 3 unspecified atom stereocenters. The largest absolute Gasteiger partial charge is 0.354 e. The molecule has 1 aliphatic heterocycles. The summed E-state index contributed by atoms with van der Waals surface area (Å²) < 4.78 is 0. The van der Waals surface area contributed by atoms with Crippen LogP contribution in [0.5, 0.6) is 0 Å². The number of carbonyl (C=O) groups is 2. The molecule has 2 amide bonds. The standard InChI is InChI=1S/C19H26ClN3O2.ClH/c20-15-8-6-13(7-9-15)19(25)23-16-5-2-1-4-14(16)12-17(23)18(24)22-11-3-10-21;/h6-9,14,16-17H,1-5,10-12,21H2,(H,22,24);1H. The summed E-state index contributed by atoms with van der Waals surface area (Å²) in [6.45, 7) is 1.10. The Balaban J connectivity index is 0.00000243. The van der Waals surface area contributed by atoms with Crippen molar-refractivity contribution in [3.8, 4) is 0 Å². The van der Waals surface area contributed by atoms with Crippen LogP contribution >= 0.6 is 24.0 Å². The minimum Gasteiger partial charge on any atom is -0.354 e. The molecule has 2 aliphatic rings. The Morgan fingerprint density at radius 2 is 1.88 bits per heavy atom. The third kappa shape index (κ3) is 4.51. The predicted octanol–water partition coefficient (Wildman–Crippen LogP) is 3.00. The Labute approximate surface area is 166 Å². The first-order valence-electron chi connectivity index (χ1n) is 9.18. The smallest absolute Gasteiger partial charge is 0.254 e. The number of nitrogens with zero attached hydrogens (tertiary/aromatic N) is 1. The van der Waals surface area contributed by atoms with Gasteiger partial charge in [-0.15, -0.1) is 12.4 Å². The topological polar surface area (TPSA) is 75.4 Å². The highest BCUT2D eigenvalue weighted by Gasteiger charge is 2.47. The third-order valence-corrected chi connectivity index (χ3v) is 5.65. The minimum absolute atomic E-state index is 0. The normalized spacial score (nSPS) is 24.5. The van der Waals surface area contributed by atoms with Gasteiger partial charge in [0.1, 0.15) is 6.04 Å². The van der Waals surface area contributed by atoms with E-state index in [4.69, 9.17) is 17.3 Å². The molecule has 3 rings (SSSR count). The highest BCUT2D eigenvalue weighted by atomic mass is 35.5. The van der Waals surface area contributed by atoms with Gasteiger partial charge < -0.3 is 16.0 Å². The van der Waals surface area contributed by atoms with Crippen molar-refractivity contribution >= 4 is 35.8 Å². The summed E-state index contributed by atoms with van der Waals surface area (Å²) in [6, 6.07) is 6.71. The van der Waals surface area contributed by atoms with Crippen LogP contribution < -0.4 is 11.1 Å². The molecule has 2 fully saturated rings. The molecule has 1 aromatic rings. The van der Waals surface area contributed by atoms with Crippen LogP contribution in [0, 0.1) is 5.92 Å². The summed E-state index contributed by atoms with van der Waals surface area (Å²) >= 11 is 5.94. The first kappa shape index (κ1) is 21.0. The van der Waals surface area contributed by atoms with Crippen LogP contribution in [0.25, 0.3) is 0 Å². The van der Waals surface area contributed by atoms with Crippen LogP contribution in [0.3, 0.4) is 0 Å². The molecule has 0 aromatic heterocycles. The molecule has 5 nitrogen and oxygen atoms in total. The Hall–Kier alpha value is -1.30. The Morgan fingerprint density at radius 1 is 1.19 bits per heavy atom. The second kappa shape index (κ2) is 9.58. The monoisotopic (exact) mass is 399 g/mol. The second-order valence-electron chi connectivity index (χ2n) is 7.02. The number of benzene rings is 1. The number of carbonyl (C=O) groups excluding carboxylic acids is 2. The highest BCUT2D eigenvalue weighted by molar-refractivity contribution is 6.30. The third-order valence-electron chi connectivity index (χ3n) is 5.40. The number of hydrogen-bond acceptors (Lipinski definition) is 3. The van der Waals surface area contributed by atoms with Crippen LogP contribution in [-0.4, -0.2) is 41.9 Å². The van der Waals surface area contributed by atoms with E-state index in [1.165, 1.54) is 6.42 Å². The average Bonchev–Trinajstić information content (AvgIpc) is 3.01. The number of halogens is 2. The fraction of sp³-hybridized carbons (Fsp3) is 0.579. The molecule has 0 radical (unpaired) electrons. The summed E-state index contributed by atoms with van der Waals surface area (Å²) in [5.74, 6) is 0.311. The maximum Gasteiger partial charge on any atom is 0.254 e. The molecule has 0 bridgehead atoms. The summed E-state index contributed by atoms with van der Waals surface area (Å²) in [5, 5.41) is 3.55. The lowest BCUT2D eigenvalue weighted by Gasteiger charge is -2.33. The summed E-state index contributed by atoms with van der Waals surface area (Å²) in [6.07, 6.45) is 5.89. The first-order chi connectivity index (χ1) is 12.1. The minimum atomic E-state index is -0.381. The zero-order chi connectivity index (χ0) is 17.8. The van der Waals surface area contributed by atoms with Gasteiger partial charge in [-0.2, -0.15) is 0 Å². The van der Waals surface area contributed by atoms with Crippen LogP contribution in [0.1, 0.15) is 48.9 Å². The van der Waals surface area contributed by atoms with Crippen molar-refractivity contribution < 1.29 is 9.59 Å². The summed E-state index contributed by atoms with van der Waals surface area (Å²) in [7, 11) is 0. The lowest BCUT2D eigenvalue weighted by molar-refractivity contribution is -0.125. The van der Waals surface area contributed by atoms with Gasteiger partial charge in [0.05, 0.1) is 0 Å². The maximum absolute atomic E-state index is 13.1. The van der Waals surface area contributed by atoms with Gasteiger partial charge in [-0.25, -0.2) is 0 Å². The molecule has 1 aromatic carbocycles. The van der Waals surface area contributed by atoms with Gasteiger partial charge in [0.2, 0.25) is 5.91 Å². The van der Waals surface area contributed by atoms with E-state index >= 15 is 0 Å². The molecule has 1 saturated carbocycles. The molecule has 3 N–H and O–H groups in total. The van der Waals surface area contributed by atoms with Gasteiger partial charge in [-0.05, 0) is 62.4 Å². The van der Waals surface area contributed by atoms with Crippen LogP contribution in [0.15, 0.2) is 24.3 Å².